The normalized spacial score (nSPS) is 20.1. The molecule has 2 heterocycles. The molecule has 1 saturated heterocycles. The van der Waals surface area contributed by atoms with E-state index in [0.29, 0.717) is 12.6 Å². The third kappa shape index (κ3) is 2.77. The van der Waals surface area contributed by atoms with Gasteiger partial charge in [-0.15, -0.1) is 5.10 Å². The lowest BCUT2D eigenvalue weighted by Crippen LogP contribution is -2.32. The van der Waals surface area contributed by atoms with Crippen LogP contribution in [0.1, 0.15) is 16.9 Å². The minimum absolute atomic E-state index is 0.0239. The molecule has 1 fully saturated rings. The summed E-state index contributed by atoms with van der Waals surface area (Å²) in [6, 6.07) is 0.405. The molecule has 0 aromatic carbocycles. The summed E-state index contributed by atoms with van der Waals surface area (Å²) in [4.78, 5) is 10.5. The zero-order valence-corrected chi connectivity index (χ0v) is 8.80. The molecule has 1 aliphatic heterocycles. The predicted octanol–water partition coefficient (Wildman–Crippen LogP) is -0.645. The Morgan fingerprint density at radius 2 is 2.62 bits per heavy atom. The quantitative estimate of drug-likeness (QED) is 0.693. The van der Waals surface area contributed by atoms with Crippen LogP contribution >= 0.6 is 0 Å². The van der Waals surface area contributed by atoms with E-state index in [1.165, 1.54) is 10.9 Å². The van der Waals surface area contributed by atoms with Gasteiger partial charge in [0.2, 0.25) is 0 Å². The zero-order chi connectivity index (χ0) is 11.4. The SMILES string of the molecule is O=C(O)c1cn(CCNC2CCOC2)nn1. The number of carboxylic acid groups (broad SMARTS) is 1. The van der Waals surface area contributed by atoms with Crippen molar-refractivity contribution in [2.75, 3.05) is 19.8 Å². The van der Waals surface area contributed by atoms with E-state index >= 15 is 0 Å². The maximum absolute atomic E-state index is 10.5. The first-order valence-electron chi connectivity index (χ1n) is 5.20. The molecule has 7 nitrogen and oxygen atoms in total. The first kappa shape index (κ1) is 11.0. The van der Waals surface area contributed by atoms with Crippen molar-refractivity contribution >= 4 is 5.97 Å². The van der Waals surface area contributed by atoms with E-state index in [4.69, 9.17) is 9.84 Å². The van der Waals surface area contributed by atoms with Crippen LogP contribution in [-0.2, 0) is 11.3 Å². The van der Waals surface area contributed by atoms with Crippen LogP contribution in [0.15, 0.2) is 6.20 Å². The minimum Gasteiger partial charge on any atom is -0.476 e. The number of nitrogens with one attached hydrogen (secondary N) is 1. The number of carbonyl (C=O) groups is 1. The second-order valence-corrected chi connectivity index (χ2v) is 3.69. The average Bonchev–Trinajstić information content (AvgIpc) is 2.87. The Labute approximate surface area is 92.4 Å². The fraction of sp³-hybridized carbons (Fsp3) is 0.667. The van der Waals surface area contributed by atoms with Gasteiger partial charge in [-0.2, -0.15) is 0 Å². The third-order valence-electron chi connectivity index (χ3n) is 2.46. The molecule has 0 radical (unpaired) electrons. The van der Waals surface area contributed by atoms with Crippen molar-refractivity contribution in [2.24, 2.45) is 0 Å². The Morgan fingerprint density at radius 3 is 3.25 bits per heavy atom. The summed E-state index contributed by atoms with van der Waals surface area (Å²) in [6.45, 7) is 2.90. The van der Waals surface area contributed by atoms with Crippen LogP contribution in [0.4, 0.5) is 0 Å². The molecule has 1 aromatic rings. The lowest BCUT2D eigenvalue weighted by Gasteiger charge is -2.09. The molecule has 0 spiro atoms. The van der Waals surface area contributed by atoms with E-state index in [2.05, 4.69) is 15.6 Å². The van der Waals surface area contributed by atoms with E-state index in [1.54, 1.807) is 0 Å². The Morgan fingerprint density at radius 1 is 1.75 bits per heavy atom. The van der Waals surface area contributed by atoms with Crippen molar-refractivity contribution in [3.05, 3.63) is 11.9 Å². The van der Waals surface area contributed by atoms with Gasteiger partial charge in [0, 0.05) is 19.2 Å². The highest BCUT2D eigenvalue weighted by atomic mass is 16.5. The van der Waals surface area contributed by atoms with Gasteiger partial charge in [0.15, 0.2) is 5.69 Å². The first-order chi connectivity index (χ1) is 7.75. The van der Waals surface area contributed by atoms with Crippen molar-refractivity contribution < 1.29 is 14.6 Å². The van der Waals surface area contributed by atoms with Crippen LogP contribution in [-0.4, -0.2) is 51.9 Å². The van der Waals surface area contributed by atoms with Crippen molar-refractivity contribution in [1.29, 1.82) is 0 Å². The molecule has 7 heteroatoms. The summed E-state index contributed by atoms with van der Waals surface area (Å²) in [5.41, 5.74) is -0.0239. The molecular formula is C9H14N4O3. The molecular weight excluding hydrogens is 212 g/mol. The second kappa shape index (κ2) is 5.04. The van der Waals surface area contributed by atoms with Crippen LogP contribution in [0.25, 0.3) is 0 Å². The van der Waals surface area contributed by atoms with Gasteiger partial charge in [0.1, 0.15) is 0 Å². The monoisotopic (exact) mass is 226 g/mol. The van der Waals surface area contributed by atoms with E-state index in [1.807, 2.05) is 0 Å². The molecule has 1 aromatic heterocycles. The molecule has 88 valence electrons. The van der Waals surface area contributed by atoms with Crippen LogP contribution in [0.2, 0.25) is 0 Å². The van der Waals surface area contributed by atoms with Crippen molar-refractivity contribution in [1.82, 2.24) is 20.3 Å². The molecule has 1 atom stereocenters. The minimum atomic E-state index is -1.05. The van der Waals surface area contributed by atoms with E-state index < -0.39 is 5.97 Å². The van der Waals surface area contributed by atoms with E-state index in [-0.39, 0.29) is 5.69 Å². The number of rotatable bonds is 5. The Balaban J connectivity index is 1.74. The maximum Gasteiger partial charge on any atom is 0.358 e. The molecule has 16 heavy (non-hydrogen) atoms. The van der Waals surface area contributed by atoms with Crippen LogP contribution < -0.4 is 5.32 Å². The van der Waals surface area contributed by atoms with Gasteiger partial charge in [-0.1, -0.05) is 5.21 Å². The number of nitrogens with zero attached hydrogens (tertiary/aromatic N) is 3. The van der Waals surface area contributed by atoms with E-state index in [9.17, 15) is 4.79 Å². The lowest BCUT2D eigenvalue weighted by atomic mass is 10.2. The number of aromatic carboxylic acids is 1. The number of ether oxygens (including phenoxy) is 1. The fourth-order valence-corrected chi connectivity index (χ4v) is 1.58. The van der Waals surface area contributed by atoms with Crippen LogP contribution in [0, 0.1) is 0 Å². The second-order valence-electron chi connectivity index (χ2n) is 3.69. The summed E-state index contributed by atoms with van der Waals surface area (Å²) in [7, 11) is 0. The number of hydrogen-bond donors (Lipinski definition) is 2. The standard InChI is InChI=1S/C9H14N4O3/c14-9(15)8-5-13(12-11-8)3-2-10-7-1-4-16-6-7/h5,7,10H,1-4,6H2,(H,14,15). The van der Waals surface area contributed by atoms with Gasteiger partial charge in [-0.05, 0) is 6.42 Å². The predicted molar refractivity (Wildman–Crippen MR) is 54.2 cm³/mol. The molecule has 0 saturated carbocycles. The molecule has 1 aliphatic rings. The Bertz CT molecular complexity index is 359. The Hall–Kier alpha value is -1.47. The highest BCUT2D eigenvalue weighted by molar-refractivity contribution is 5.84. The number of hydrogen-bond acceptors (Lipinski definition) is 5. The molecule has 0 bridgehead atoms. The largest absolute Gasteiger partial charge is 0.476 e. The molecule has 1 unspecified atom stereocenters. The van der Waals surface area contributed by atoms with Crippen molar-refractivity contribution in [2.45, 2.75) is 19.0 Å². The summed E-state index contributed by atoms with van der Waals surface area (Å²) in [5.74, 6) is -1.05. The number of aromatic nitrogens is 3. The zero-order valence-electron chi connectivity index (χ0n) is 8.80. The summed E-state index contributed by atoms with van der Waals surface area (Å²) in [6.07, 6.45) is 2.45. The van der Waals surface area contributed by atoms with Gasteiger partial charge in [0.25, 0.3) is 0 Å². The van der Waals surface area contributed by atoms with Gasteiger partial charge in [0.05, 0.1) is 19.3 Å². The molecule has 2 rings (SSSR count). The van der Waals surface area contributed by atoms with Crippen LogP contribution in [0.5, 0.6) is 0 Å². The first-order valence-corrected chi connectivity index (χ1v) is 5.20. The van der Waals surface area contributed by atoms with Gasteiger partial charge >= 0.3 is 5.97 Å². The van der Waals surface area contributed by atoms with E-state index in [0.717, 1.165) is 26.2 Å². The Kier molecular flexibility index (Phi) is 3.47. The maximum atomic E-state index is 10.5. The van der Waals surface area contributed by atoms with Gasteiger partial charge in [-0.3, -0.25) is 4.68 Å². The summed E-state index contributed by atoms with van der Waals surface area (Å²) in [5, 5.41) is 19.2. The average molecular weight is 226 g/mol. The van der Waals surface area contributed by atoms with Gasteiger partial charge < -0.3 is 15.2 Å². The fourth-order valence-electron chi connectivity index (χ4n) is 1.58. The molecule has 0 amide bonds. The number of carboxylic acids is 1. The topological polar surface area (TPSA) is 89.3 Å². The molecule has 2 N–H and O–H groups in total. The van der Waals surface area contributed by atoms with Crippen molar-refractivity contribution in [3.8, 4) is 0 Å². The highest BCUT2D eigenvalue weighted by Gasteiger charge is 2.14. The molecule has 0 aliphatic carbocycles. The van der Waals surface area contributed by atoms with Crippen molar-refractivity contribution in [3.63, 3.8) is 0 Å². The smallest absolute Gasteiger partial charge is 0.358 e. The van der Waals surface area contributed by atoms with Crippen LogP contribution in [0.3, 0.4) is 0 Å². The van der Waals surface area contributed by atoms with Gasteiger partial charge in [-0.25, -0.2) is 4.79 Å². The summed E-state index contributed by atoms with van der Waals surface area (Å²) < 4.78 is 6.74. The third-order valence-corrected chi connectivity index (χ3v) is 2.46. The highest BCUT2D eigenvalue weighted by Crippen LogP contribution is 2.02. The summed E-state index contributed by atoms with van der Waals surface area (Å²) >= 11 is 0. The lowest BCUT2D eigenvalue weighted by molar-refractivity contribution is 0.0690.